The van der Waals surface area contributed by atoms with Gasteiger partial charge in [-0.05, 0) is 23.5 Å². The van der Waals surface area contributed by atoms with Crippen molar-refractivity contribution >= 4 is 17.6 Å². The number of carbonyl (C=O) groups excluding carboxylic acids is 2. The third-order valence-corrected chi connectivity index (χ3v) is 3.41. The van der Waals surface area contributed by atoms with Gasteiger partial charge in [-0.2, -0.15) is 0 Å². The molecule has 1 aliphatic heterocycles. The number of rotatable bonds is 4. The standard InChI is InChI=1S/C16H23N3O2/c1-16(2,3)10-18-15(21)17-9-8-12-11-6-4-5-7-13(11)19-14(12)20/h4-7,12H,8-10H2,1-3H3,(H,19,20)(H2,17,18,21). The van der Waals surface area contributed by atoms with E-state index in [1.54, 1.807) is 0 Å². The van der Waals surface area contributed by atoms with Gasteiger partial charge in [0.2, 0.25) is 5.91 Å². The molecule has 1 aromatic carbocycles. The molecule has 3 amide bonds. The molecular formula is C16H23N3O2. The lowest BCUT2D eigenvalue weighted by Crippen LogP contribution is -2.40. The van der Waals surface area contributed by atoms with Crippen molar-refractivity contribution in [2.45, 2.75) is 33.1 Å². The molecule has 3 N–H and O–H groups in total. The number of fused-ring (bicyclic) bond motifs is 1. The summed E-state index contributed by atoms with van der Waals surface area (Å²) in [7, 11) is 0. The zero-order valence-corrected chi connectivity index (χ0v) is 12.8. The lowest BCUT2D eigenvalue weighted by atomic mass is 9.97. The molecule has 0 bridgehead atoms. The van der Waals surface area contributed by atoms with Gasteiger partial charge in [0.15, 0.2) is 0 Å². The first-order valence-corrected chi connectivity index (χ1v) is 7.28. The Morgan fingerprint density at radius 2 is 1.95 bits per heavy atom. The number of amides is 3. The van der Waals surface area contributed by atoms with Crippen molar-refractivity contribution < 1.29 is 9.59 Å². The van der Waals surface area contributed by atoms with Gasteiger partial charge in [-0.25, -0.2) is 4.79 Å². The average molecular weight is 289 g/mol. The summed E-state index contributed by atoms with van der Waals surface area (Å²) in [4.78, 5) is 23.6. The number of hydrogen-bond donors (Lipinski definition) is 3. The number of benzene rings is 1. The number of nitrogens with one attached hydrogen (secondary N) is 3. The highest BCUT2D eigenvalue weighted by atomic mass is 16.2. The Morgan fingerprint density at radius 3 is 2.67 bits per heavy atom. The fourth-order valence-corrected chi connectivity index (χ4v) is 2.30. The molecule has 114 valence electrons. The Balaban J connectivity index is 1.79. The molecule has 1 unspecified atom stereocenters. The van der Waals surface area contributed by atoms with Crippen LogP contribution in [0.2, 0.25) is 0 Å². The summed E-state index contributed by atoms with van der Waals surface area (Å²) in [5, 5.41) is 8.49. The third-order valence-electron chi connectivity index (χ3n) is 3.41. The van der Waals surface area contributed by atoms with Crippen molar-refractivity contribution in [1.82, 2.24) is 10.6 Å². The first kappa shape index (κ1) is 15.4. The molecule has 0 fully saturated rings. The van der Waals surface area contributed by atoms with Crippen molar-refractivity contribution in [3.8, 4) is 0 Å². The van der Waals surface area contributed by atoms with Crippen molar-refractivity contribution in [3.05, 3.63) is 29.8 Å². The summed E-state index contributed by atoms with van der Waals surface area (Å²) < 4.78 is 0. The second-order valence-electron chi connectivity index (χ2n) is 6.59. The predicted molar refractivity (Wildman–Crippen MR) is 83.3 cm³/mol. The molecule has 0 saturated carbocycles. The van der Waals surface area contributed by atoms with Crippen LogP contribution in [0.15, 0.2) is 24.3 Å². The van der Waals surface area contributed by atoms with Crippen LogP contribution in [0.1, 0.15) is 38.7 Å². The Bertz CT molecular complexity index is 535. The SMILES string of the molecule is CC(C)(C)CNC(=O)NCCC1C(=O)Nc2ccccc21. The van der Waals surface area contributed by atoms with Crippen molar-refractivity contribution in [2.75, 3.05) is 18.4 Å². The van der Waals surface area contributed by atoms with Crippen LogP contribution in [0.4, 0.5) is 10.5 Å². The number of hydrogen-bond acceptors (Lipinski definition) is 2. The van der Waals surface area contributed by atoms with Crippen molar-refractivity contribution in [2.24, 2.45) is 5.41 Å². The van der Waals surface area contributed by atoms with Gasteiger partial charge in [-0.15, -0.1) is 0 Å². The predicted octanol–water partition coefficient (Wildman–Crippen LogP) is 2.46. The summed E-state index contributed by atoms with van der Waals surface area (Å²) >= 11 is 0. The van der Waals surface area contributed by atoms with E-state index in [0.29, 0.717) is 19.5 Å². The molecule has 5 heteroatoms. The largest absolute Gasteiger partial charge is 0.338 e. The molecule has 1 atom stereocenters. The average Bonchev–Trinajstić information content (AvgIpc) is 2.72. The lowest BCUT2D eigenvalue weighted by Gasteiger charge is -2.19. The van der Waals surface area contributed by atoms with E-state index in [4.69, 9.17) is 0 Å². The Kier molecular flexibility index (Phi) is 4.50. The van der Waals surface area contributed by atoms with E-state index < -0.39 is 0 Å². The van der Waals surface area contributed by atoms with Crippen LogP contribution >= 0.6 is 0 Å². The molecule has 1 aromatic rings. The molecular weight excluding hydrogens is 266 g/mol. The van der Waals surface area contributed by atoms with E-state index in [2.05, 4.69) is 36.7 Å². The van der Waals surface area contributed by atoms with Gasteiger partial charge >= 0.3 is 6.03 Å². The maximum atomic E-state index is 11.9. The maximum Gasteiger partial charge on any atom is 0.314 e. The minimum atomic E-state index is -0.184. The van der Waals surface area contributed by atoms with Gasteiger partial charge in [0, 0.05) is 18.8 Å². The van der Waals surface area contributed by atoms with E-state index in [1.807, 2.05) is 24.3 Å². The van der Waals surface area contributed by atoms with Crippen LogP contribution in [0, 0.1) is 5.41 Å². The second kappa shape index (κ2) is 6.16. The minimum absolute atomic E-state index is 0.00750. The van der Waals surface area contributed by atoms with Gasteiger partial charge in [0.1, 0.15) is 0 Å². The van der Waals surface area contributed by atoms with Gasteiger partial charge in [-0.1, -0.05) is 39.0 Å². The zero-order chi connectivity index (χ0) is 15.5. The highest BCUT2D eigenvalue weighted by molar-refractivity contribution is 6.02. The van der Waals surface area contributed by atoms with E-state index in [0.717, 1.165) is 11.3 Å². The molecule has 0 aromatic heterocycles. The Hall–Kier alpha value is -2.04. The zero-order valence-electron chi connectivity index (χ0n) is 12.8. The van der Waals surface area contributed by atoms with E-state index in [1.165, 1.54) is 0 Å². The first-order chi connectivity index (χ1) is 9.87. The smallest absolute Gasteiger partial charge is 0.314 e. The number of carbonyl (C=O) groups is 2. The van der Waals surface area contributed by atoms with Crippen LogP contribution in [0.25, 0.3) is 0 Å². The third kappa shape index (κ3) is 4.21. The van der Waals surface area contributed by atoms with E-state index >= 15 is 0 Å². The highest BCUT2D eigenvalue weighted by Crippen LogP contribution is 2.33. The minimum Gasteiger partial charge on any atom is -0.338 e. The highest BCUT2D eigenvalue weighted by Gasteiger charge is 2.29. The summed E-state index contributed by atoms with van der Waals surface area (Å²) in [5.74, 6) is -0.169. The maximum absolute atomic E-state index is 11.9. The molecule has 0 aliphatic carbocycles. The summed E-state index contributed by atoms with van der Waals surface area (Å²) in [5.41, 5.74) is 1.95. The molecule has 0 saturated heterocycles. The van der Waals surface area contributed by atoms with Crippen LogP contribution in [-0.2, 0) is 4.79 Å². The molecule has 1 aliphatic rings. The van der Waals surface area contributed by atoms with Crippen molar-refractivity contribution in [1.29, 1.82) is 0 Å². The second-order valence-corrected chi connectivity index (χ2v) is 6.59. The fourth-order valence-electron chi connectivity index (χ4n) is 2.30. The Morgan fingerprint density at radius 1 is 1.24 bits per heavy atom. The van der Waals surface area contributed by atoms with Gasteiger partial charge in [0.25, 0.3) is 0 Å². The number of para-hydroxylation sites is 1. The molecule has 5 nitrogen and oxygen atoms in total. The van der Waals surface area contributed by atoms with Crippen LogP contribution in [0.3, 0.4) is 0 Å². The van der Waals surface area contributed by atoms with Crippen LogP contribution in [-0.4, -0.2) is 25.0 Å². The monoisotopic (exact) mass is 289 g/mol. The number of anilines is 1. The van der Waals surface area contributed by atoms with Crippen LogP contribution < -0.4 is 16.0 Å². The van der Waals surface area contributed by atoms with E-state index in [9.17, 15) is 9.59 Å². The molecule has 1 heterocycles. The van der Waals surface area contributed by atoms with Gasteiger partial charge < -0.3 is 16.0 Å². The topological polar surface area (TPSA) is 70.2 Å². The number of urea groups is 1. The van der Waals surface area contributed by atoms with Crippen LogP contribution in [0.5, 0.6) is 0 Å². The fraction of sp³-hybridized carbons (Fsp3) is 0.500. The quantitative estimate of drug-likeness (QED) is 0.797. The summed E-state index contributed by atoms with van der Waals surface area (Å²) in [6.45, 7) is 7.28. The van der Waals surface area contributed by atoms with Gasteiger partial charge in [0.05, 0.1) is 5.92 Å². The summed E-state index contributed by atoms with van der Waals surface area (Å²) in [6.07, 6.45) is 0.603. The molecule has 21 heavy (non-hydrogen) atoms. The first-order valence-electron chi connectivity index (χ1n) is 7.28. The Labute approximate surface area is 125 Å². The summed E-state index contributed by atoms with van der Waals surface area (Å²) in [6, 6.07) is 7.50. The molecule has 2 rings (SSSR count). The molecule has 0 radical (unpaired) electrons. The van der Waals surface area contributed by atoms with E-state index in [-0.39, 0.29) is 23.3 Å². The normalized spacial score (nSPS) is 17.1. The lowest BCUT2D eigenvalue weighted by molar-refractivity contribution is -0.117. The van der Waals surface area contributed by atoms with Crippen molar-refractivity contribution in [3.63, 3.8) is 0 Å². The molecule has 0 spiro atoms. The van der Waals surface area contributed by atoms with Gasteiger partial charge in [-0.3, -0.25) is 4.79 Å².